The van der Waals surface area contributed by atoms with E-state index in [1.807, 2.05) is 6.07 Å². The molecule has 0 radical (unpaired) electrons. The molecule has 1 aliphatic rings. The summed E-state index contributed by atoms with van der Waals surface area (Å²) in [7, 11) is 0. The maximum atomic E-state index is 10.5. The number of carbonyl (C=O) groups is 1. The van der Waals surface area contributed by atoms with Crippen LogP contribution in [0, 0.1) is 0 Å². The zero-order valence-electron chi connectivity index (χ0n) is 8.47. The molecule has 80 valence electrons. The van der Waals surface area contributed by atoms with Crippen molar-refractivity contribution in [3.05, 3.63) is 18.3 Å². The van der Waals surface area contributed by atoms with Crippen molar-refractivity contribution in [2.75, 3.05) is 36.8 Å². The Balaban J connectivity index is 2.04. The Morgan fingerprint density at radius 2 is 2.07 bits per heavy atom. The van der Waals surface area contributed by atoms with Gasteiger partial charge in [0.2, 0.25) is 6.41 Å². The fourth-order valence-electron chi connectivity index (χ4n) is 1.66. The number of nitrogen functional groups attached to an aromatic ring is 1. The van der Waals surface area contributed by atoms with E-state index in [1.165, 1.54) is 0 Å². The Labute approximate surface area is 88.5 Å². The Hall–Kier alpha value is -1.78. The average molecular weight is 206 g/mol. The van der Waals surface area contributed by atoms with Gasteiger partial charge in [0.25, 0.3) is 0 Å². The SMILES string of the molecule is Nc1ccnc(N2CCN(C=O)CC2)c1. The Morgan fingerprint density at radius 3 is 2.67 bits per heavy atom. The van der Waals surface area contributed by atoms with E-state index in [0.717, 1.165) is 44.1 Å². The summed E-state index contributed by atoms with van der Waals surface area (Å²) in [6.07, 6.45) is 2.60. The molecule has 0 aliphatic carbocycles. The number of aromatic nitrogens is 1. The van der Waals surface area contributed by atoms with Crippen LogP contribution in [0.5, 0.6) is 0 Å². The van der Waals surface area contributed by atoms with Crippen molar-refractivity contribution >= 4 is 17.9 Å². The number of pyridine rings is 1. The molecule has 1 aliphatic heterocycles. The van der Waals surface area contributed by atoms with Crippen LogP contribution >= 0.6 is 0 Å². The molecule has 5 heteroatoms. The van der Waals surface area contributed by atoms with E-state index < -0.39 is 0 Å². The lowest BCUT2D eigenvalue weighted by atomic mass is 10.3. The second-order valence-corrected chi connectivity index (χ2v) is 3.58. The van der Waals surface area contributed by atoms with E-state index in [4.69, 9.17) is 5.73 Å². The van der Waals surface area contributed by atoms with Crippen molar-refractivity contribution in [3.8, 4) is 0 Å². The molecule has 1 saturated heterocycles. The Morgan fingerprint density at radius 1 is 1.33 bits per heavy atom. The van der Waals surface area contributed by atoms with Crippen molar-refractivity contribution < 1.29 is 4.79 Å². The maximum Gasteiger partial charge on any atom is 0.209 e. The van der Waals surface area contributed by atoms with Crippen molar-refractivity contribution in [1.29, 1.82) is 0 Å². The van der Waals surface area contributed by atoms with Crippen LogP contribution < -0.4 is 10.6 Å². The number of hydrogen-bond acceptors (Lipinski definition) is 4. The fraction of sp³-hybridized carbons (Fsp3) is 0.400. The standard InChI is InChI=1S/C10H14N4O/c11-9-1-2-12-10(7-9)14-5-3-13(8-15)4-6-14/h1-2,7-8H,3-6H2,(H2,11,12). The highest BCUT2D eigenvalue weighted by molar-refractivity contribution is 5.52. The topological polar surface area (TPSA) is 62.5 Å². The van der Waals surface area contributed by atoms with E-state index in [2.05, 4.69) is 9.88 Å². The summed E-state index contributed by atoms with van der Waals surface area (Å²) in [5, 5.41) is 0. The molecule has 1 aromatic rings. The smallest absolute Gasteiger partial charge is 0.209 e. The van der Waals surface area contributed by atoms with Gasteiger partial charge in [0.05, 0.1) is 0 Å². The van der Waals surface area contributed by atoms with Crippen molar-refractivity contribution in [1.82, 2.24) is 9.88 Å². The molecule has 5 nitrogen and oxygen atoms in total. The zero-order chi connectivity index (χ0) is 10.7. The predicted molar refractivity (Wildman–Crippen MR) is 58.5 cm³/mol. The van der Waals surface area contributed by atoms with Gasteiger partial charge >= 0.3 is 0 Å². The summed E-state index contributed by atoms with van der Waals surface area (Å²) in [6, 6.07) is 3.63. The lowest BCUT2D eigenvalue weighted by molar-refractivity contribution is -0.118. The maximum absolute atomic E-state index is 10.5. The number of nitrogens with two attached hydrogens (primary N) is 1. The molecular formula is C10H14N4O. The molecule has 0 saturated carbocycles. The minimum atomic E-state index is 0.720. The molecule has 1 amide bonds. The predicted octanol–water partition coefficient (Wildman–Crippen LogP) is -0.0578. The summed E-state index contributed by atoms with van der Waals surface area (Å²) in [4.78, 5) is 18.7. The summed E-state index contributed by atoms with van der Waals surface area (Å²) < 4.78 is 0. The lowest BCUT2D eigenvalue weighted by Crippen LogP contribution is -2.46. The Bertz CT molecular complexity index is 347. The van der Waals surface area contributed by atoms with Gasteiger partial charge in [0.15, 0.2) is 0 Å². The van der Waals surface area contributed by atoms with Gasteiger partial charge in [-0.3, -0.25) is 4.79 Å². The van der Waals surface area contributed by atoms with E-state index >= 15 is 0 Å². The molecule has 2 N–H and O–H groups in total. The summed E-state index contributed by atoms with van der Waals surface area (Å²) >= 11 is 0. The fourth-order valence-corrected chi connectivity index (χ4v) is 1.66. The van der Waals surface area contributed by atoms with Crippen LogP contribution in [0.25, 0.3) is 0 Å². The second-order valence-electron chi connectivity index (χ2n) is 3.58. The minimum absolute atomic E-state index is 0.720. The first-order valence-corrected chi connectivity index (χ1v) is 4.95. The van der Waals surface area contributed by atoms with Gasteiger partial charge in [-0.15, -0.1) is 0 Å². The van der Waals surface area contributed by atoms with Gasteiger partial charge in [0.1, 0.15) is 5.82 Å². The van der Waals surface area contributed by atoms with Gasteiger partial charge < -0.3 is 15.5 Å². The van der Waals surface area contributed by atoms with Crippen LogP contribution in [0.1, 0.15) is 0 Å². The number of anilines is 2. The lowest BCUT2D eigenvalue weighted by Gasteiger charge is -2.33. The van der Waals surface area contributed by atoms with Crippen molar-refractivity contribution in [2.45, 2.75) is 0 Å². The van der Waals surface area contributed by atoms with Crippen LogP contribution in [0.2, 0.25) is 0 Å². The summed E-state index contributed by atoms with van der Waals surface area (Å²) in [5.41, 5.74) is 6.41. The van der Waals surface area contributed by atoms with Crippen LogP contribution in [0.3, 0.4) is 0 Å². The number of hydrogen-bond donors (Lipinski definition) is 1. The normalized spacial score (nSPS) is 16.5. The molecular weight excluding hydrogens is 192 g/mol. The van der Waals surface area contributed by atoms with Crippen LogP contribution in [0.15, 0.2) is 18.3 Å². The molecule has 15 heavy (non-hydrogen) atoms. The number of amides is 1. The molecule has 1 aromatic heterocycles. The van der Waals surface area contributed by atoms with Crippen LogP contribution in [-0.2, 0) is 4.79 Å². The highest BCUT2D eigenvalue weighted by atomic mass is 16.1. The van der Waals surface area contributed by atoms with Gasteiger partial charge in [-0.2, -0.15) is 0 Å². The molecule has 0 bridgehead atoms. The van der Waals surface area contributed by atoms with Crippen molar-refractivity contribution in [3.63, 3.8) is 0 Å². The average Bonchev–Trinajstić information content (AvgIpc) is 2.29. The highest BCUT2D eigenvalue weighted by Crippen LogP contribution is 2.15. The quantitative estimate of drug-likeness (QED) is 0.689. The van der Waals surface area contributed by atoms with Crippen LogP contribution in [0.4, 0.5) is 11.5 Å². The molecule has 0 aromatic carbocycles. The number of rotatable bonds is 2. The molecule has 0 unspecified atom stereocenters. The van der Waals surface area contributed by atoms with E-state index in [0.29, 0.717) is 0 Å². The third kappa shape index (κ3) is 2.18. The van der Waals surface area contributed by atoms with Crippen molar-refractivity contribution in [2.24, 2.45) is 0 Å². The van der Waals surface area contributed by atoms with Crippen LogP contribution in [-0.4, -0.2) is 42.5 Å². The monoisotopic (exact) mass is 206 g/mol. The number of carbonyl (C=O) groups excluding carboxylic acids is 1. The Kier molecular flexibility index (Phi) is 2.71. The van der Waals surface area contributed by atoms with Gasteiger partial charge in [-0.05, 0) is 6.07 Å². The van der Waals surface area contributed by atoms with Gasteiger partial charge in [-0.1, -0.05) is 0 Å². The molecule has 2 heterocycles. The summed E-state index contributed by atoms with van der Waals surface area (Å²) in [6.45, 7) is 3.13. The number of nitrogens with zero attached hydrogens (tertiary/aromatic N) is 3. The molecule has 1 fully saturated rings. The minimum Gasteiger partial charge on any atom is -0.399 e. The largest absolute Gasteiger partial charge is 0.399 e. The molecule has 0 atom stereocenters. The number of piperazine rings is 1. The first-order chi connectivity index (χ1) is 7.29. The summed E-state index contributed by atoms with van der Waals surface area (Å²) in [5.74, 6) is 0.889. The zero-order valence-corrected chi connectivity index (χ0v) is 8.47. The highest BCUT2D eigenvalue weighted by Gasteiger charge is 2.16. The first-order valence-electron chi connectivity index (χ1n) is 4.95. The molecule has 0 spiro atoms. The molecule has 2 rings (SSSR count). The van der Waals surface area contributed by atoms with E-state index in [9.17, 15) is 4.79 Å². The third-order valence-electron chi connectivity index (χ3n) is 2.56. The van der Waals surface area contributed by atoms with Gasteiger partial charge in [0, 0.05) is 44.1 Å². The van der Waals surface area contributed by atoms with E-state index in [1.54, 1.807) is 17.2 Å². The van der Waals surface area contributed by atoms with E-state index in [-0.39, 0.29) is 0 Å². The van der Waals surface area contributed by atoms with Gasteiger partial charge in [-0.25, -0.2) is 4.98 Å². The third-order valence-corrected chi connectivity index (χ3v) is 2.56. The first kappa shape index (κ1) is 9.76. The second kappa shape index (κ2) is 4.16.